The van der Waals surface area contributed by atoms with Gasteiger partial charge < -0.3 is 29.2 Å². The van der Waals surface area contributed by atoms with Gasteiger partial charge in [0, 0.05) is 68.7 Å². The van der Waals surface area contributed by atoms with E-state index < -0.39 is 29.5 Å². The molecule has 0 aliphatic carbocycles. The maximum atomic E-state index is 14.6. The van der Waals surface area contributed by atoms with E-state index >= 15 is 0 Å². The fourth-order valence-corrected chi connectivity index (χ4v) is 9.63. The Balaban J connectivity index is 1.27. The summed E-state index contributed by atoms with van der Waals surface area (Å²) in [6.07, 6.45) is 7.71. The largest absolute Gasteiger partial charge is 0.508 e. The standard InChI is InChI=1S/C47H62N8O6/c1-9-41(57)53-17-15-30(25-53)24-52(8)42(29(3)4)44(58)49-38-20-31-18-33(21-34(56)19-31)32-13-14-40-35(22-32)36(43(54(40)10-2)39-26-51(7)28-48-39)23-47(5,6)27-61-46(60)37-12-11-16-55(50-37)45(38)59/h9,13-14,18-19,21-22,26,28-30,37-38,42,50,56H,1,10-12,15-17,20,23-25,27H2,2-8H3,(H,49,58)/t30-,37+,38?,42+/m1/s1. The van der Waals surface area contributed by atoms with Crippen molar-refractivity contribution in [3.8, 4) is 28.3 Å². The molecule has 6 bridgehead atoms. The number of imidazole rings is 1. The van der Waals surface area contributed by atoms with Crippen LogP contribution in [-0.2, 0) is 50.3 Å². The molecule has 3 amide bonds. The number of phenolic OH excluding ortho intramolecular Hbond substituents is 1. The van der Waals surface area contributed by atoms with E-state index in [2.05, 4.69) is 54.8 Å². The van der Waals surface area contributed by atoms with Crippen molar-refractivity contribution < 1.29 is 29.0 Å². The molecule has 2 aromatic heterocycles. The van der Waals surface area contributed by atoms with Crippen molar-refractivity contribution in [3.63, 3.8) is 0 Å². The summed E-state index contributed by atoms with van der Waals surface area (Å²) in [6, 6.07) is 9.29. The Morgan fingerprint density at radius 2 is 1.92 bits per heavy atom. The van der Waals surface area contributed by atoms with Gasteiger partial charge in [-0.05, 0) is 104 Å². The number of aromatic hydroxyl groups is 1. The Bertz CT molecular complexity index is 2310. The highest BCUT2D eigenvalue weighted by atomic mass is 16.5. The smallest absolute Gasteiger partial charge is 0.324 e. The molecular weight excluding hydrogens is 773 g/mol. The predicted molar refractivity (Wildman–Crippen MR) is 235 cm³/mol. The molecule has 14 heteroatoms. The van der Waals surface area contributed by atoms with Gasteiger partial charge in [-0.25, -0.2) is 10.4 Å². The summed E-state index contributed by atoms with van der Waals surface area (Å²) in [7, 11) is 3.87. The number of cyclic esters (lactones) is 1. The van der Waals surface area contributed by atoms with Gasteiger partial charge in [0.15, 0.2) is 0 Å². The van der Waals surface area contributed by atoms with E-state index in [4.69, 9.17) is 9.72 Å². The average molecular weight is 835 g/mol. The molecule has 2 saturated heterocycles. The fraction of sp³-hybridized carbons (Fsp3) is 0.511. The minimum Gasteiger partial charge on any atom is -0.508 e. The van der Waals surface area contributed by atoms with Crippen LogP contribution in [0.5, 0.6) is 5.75 Å². The first-order chi connectivity index (χ1) is 29.0. The van der Waals surface area contributed by atoms with Crippen molar-refractivity contribution >= 4 is 34.6 Å². The number of hydrogen-bond acceptors (Lipinski definition) is 9. The van der Waals surface area contributed by atoms with Crippen LogP contribution in [0, 0.1) is 17.3 Å². The number of likely N-dealkylation sites (N-methyl/N-ethyl adjacent to an activating group) is 1. The Morgan fingerprint density at radius 3 is 2.62 bits per heavy atom. The fourth-order valence-electron chi connectivity index (χ4n) is 9.63. The summed E-state index contributed by atoms with van der Waals surface area (Å²) >= 11 is 0. The van der Waals surface area contributed by atoms with Gasteiger partial charge in [-0.3, -0.25) is 29.1 Å². The summed E-state index contributed by atoms with van der Waals surface area (Å²) in [5.74, 6) is -1.09. The zero-order chi connectivity index (χ0) is 43.7. The van der Waals surface area contributed by atoms with Gasteiger partial charge in [-0.2, -0.15) is 0 Å². The third-order valence-electron chi connectivity index (χ3n) is 12.5. The number of fused-ring (bicyclic) bond motifs is 6. The highest BCUT2D eigenvalue weighted by molar-refractivity contribution is 5.95. The molecule has 4 aromatic rings. The molecule has 3 aliphatic heterocycles. The number of ether oxygens (including phenoxy) is 1. The number of hydrogen-bond donors (Lipinski definition) is 3. The molecule has 3 N–H and O–H groups in total. The number of carbonyl (C=O) groups excluding carboxylic acids is 4. The van der Waals surface area contributed by atoms with Gasteiger partial charge in [0.2, 0.25) is 11.8 Å². The molecule has 5 heterocycles. The van der Waals surface area contributed by atoms with Crippen LogP contribution in [0.3, 0.4) is 0 Å². The molecule has 0 radical (unpaired) electrons. The van der Waals surface area contributed by atoms with Gasteiger partial charge in [0.1, 0.15) is 23.5 Å². The summed E-state index contributed by atoms with van der Waals surface area (Å²) in [5, 5.41) is 16.8. The van der Waals surface area contributed by atoms with E-state index in [1.807, 2.05) is 55.7 Å². The van der Waals surface area contributed by atoms with Gasteiger partial charge >= 0.3 is 5.97 Å². The van der Waals surface area contributed by atoms with Gasteiger partial charge in [0.05, 0.1) is 24.7 Å². The number of nitrogens with zero attached hydrogens (tertiary/aromatic N) is 6. The van der Waals surface area contributed by atoms with Crippen molar-refractivity contribution in [1.29, 1.82) is 0 Å². The number of esters is 1. The number of amides is 3. The topological polar surface area (TPSA) is 154 Å². The van der Waals surface area contributed by atoms with Crippen molar-refractivity contribution in [2.45, 2.75) is 91.4 Å². The van der Waals surface area contributed by atoms with Crippen LogP contribution in [0.4, 0.5) is 0 Å². The SMILES string of the molecule is C=CC(=O)N1CC[C@H](CN(C)[C@H](C(=O)NC2Cc3cc(O)cc(c3)-c3ccc4c(c3)c(c(-c3cn(C)cn3)n4CC)CC(C)(C)COC(=O)[C@@H]3CCCN(N3)C2=O)C(C)C)C1. The Labute approximate surface area is 358 Å². The minimum atomic E-state index is -1.03. The second-order valence-electron chi connectivity index (χ2n) is 18.4. The van der Waals surface area contributed by atoms with Gasteiger partial charge in [0.25, 0.3) is 5.91 Å². The lowest BCUT2D eigenvalue weighted by Crippen LogP contribution is -2.62. The molecule has 0 spiro atoms. The zero-order valence-corrected chi connectivity index (χ0v) is 36.7. The molecule has 4 atom stereocenters. The predicted octanol–water partition coefficient (Wildman–Crippen LogP) is 5.07. The summed E-state index contributed by atoms with van der Waals surface area (Å²) in [4.78, 5) is 63.7. The lowest BCUT2D eigenvalue weighted by Gasteiger charge is -2.37. The third kappa shape index (κ3) is 9.40. The average Bonchev–Trinajstić information content (AvgIpc) is 3.95. The van der Waals surface area contributed by atoms with Crippen LogP contribution in [-0.4, -0.2) is 116 Å². The second kappa shape index (κ2) is 17.9. The van der Waals surface area contributed by atoms with E-state index in [1.165, 1.54) is 11.1 Å². The van der Waals surface area contributed by atoms with E-state index in [1.54, 1.807) is 23.4 Å². The normalized spacial score (nSPS) is 21.4. The van der Waals surface area contributed by atoms with E-state index in [9.17, 15) is 24.3 Å². The number of carbonyl (C=O) groups is 4. The first-order valence-electron chi connectivity index (χ1n) is 21.7. The summed E-state index contributed by atoms with van der Waals surface area (Å²) in [5.41, 5.74) is 9.00. The summed E-state index contributed by atoms with van der Waals surface area (Å²) < 4.78 is 10.3. The maximum Gasteiger partial charge on any atom is 0.324 e. The number of benzene rings is 2. The molecule has 2 aromatic carbocycles. The molecule has 326 valence electrons. The Morgan fingerprint density at radius 1 is 1.13 bits per heavy atom. The maximum absolute atomic E-state index is 14.6. The molecule has 3 aliphatic rings. The lowest BCUT2D eigenvalue weighted by molar-refractivity contribution is -0.155. The molecule has 61 heavy (non-hydrogen) atoms. The van der Waals surface area contributed by atoms with Crippen molar-refractivity contribution in [2.75, 3.05) is 39.8 Å². The highest BCUT2D eigenvalue weighted by Gasteiger charge is 2.38. The molecule has 0 saturated carbocycles. The second-order valence-corrected chi connectivity index (χ2v) is 18.4. The number of aryl methyl sites for hydroxylation is 2. The monoisotopic (exact) mass is 834 g/mol. The summed E-state index contributed by atoms with van der Waals surface area (Å²) in [6.45, 7) is 16.9. The van der Waals surface area contributed by atoms with Crippen LogP contribution < -0.4 is 10.7 Å². The molecule has 7 rings (SSSR count). The lowest BCUT2D eigenvalue weighted by atomic mass is 9.84. The minimum absolute atomic E-state index is 0.0421. The number of aromatic nitrogens is 3. The zero-order valence-electron chi connectivity index (χ0n) is 36.7. The van der Waals surface area contributed by atoms with Crippen molar-refractivity contribution in [2.24, 2.45) is 24.3 Å². The van der Waals surface area contributed by atoms with Crippen LogP contribution in [0.2, 0.25) is 0 Å². The first kappa shape index (κ1) is 43.6. The first-order valence-corrected chi connectivity index (χ1v) is 21.7. The van der Waals surface area contributed by atoms with Crippen molar-refractivity contribution in [3.05, 3.63) is 72.7 Å². The van der Waals surface area contributed by atoms with Crippen LogP contribution in [0.25, 0.3) is 33.4 Å². The third-order valence-corrected chi connectivity index (χ3v) is 12.5. The van der Waals surface area contributed by atoms with E-state index in [0.717, 1.165) is 45.4 Å². The number of hydrazine groups is 1. The van der Waals surface area contributed by atoms with Gasteiger partial charge in [-0.15, -0.1) is 0 Å². The number of nitrogens with one attached hydrogen (secondary N) is 2. The molecule has 2 fully saturated rings. The quantitative estimate of drug-likeness (QED) is 0.155. The van der Waals surface area contributed by atoms with Crippen molar-refractivity contribution in [1.82, 2.24) is 39.7 Å². The number of rotatable bonds is 9. The molecule has 1 unspecified atom stereocenters. The Kier molecular flexibility index (Phi) is 12.8. The number of phenols is 1. The van der Waals surface area contributed by atoms with E-state index in [-0.39, 0.29) is 48.3 Å². The molecular formula is C47H62N8O6. The van der Waals surface area contributed by atoms with Crippen LogP contribution in [0.1, 0.15) is 65.0 Å². The highest BCUT2D eigenvalue weighted by Crippen LogP contribution is 2.40. The van der Waals surface area contributed by atoms with Crippen LogP contribution >= 0.6 is 0 Å². The molecule has 14 nitrogen and oxygen atoms in total. The Hall–Kier alpha value is -5.47. The van der Waals surface area contributed by atoms with E-state index in [0.29, 0.717) is 57.5 Å². The number of likely N-dealkylation sites (tertiary alicyclic amines) is 1. The van der Waals surface area contributed by atoms with Crippen LogP contribution in [0.15, 0.2) is 61.6 Å². The van der Waals surface area contributed by atoms with Gasteiger partial charge in [-0.1, -0.05) is 46.4 Å².